The molecule has 2 atom stereocenters. The van der Waals surface area contributed by atoms with E-state index in [1.54, 1.807) is 6.07 Å². The molecule has 0 radical (unpaired) electrons. The van der Waals surface area contributed by atoms with Gasteiger partial charge in [0.05, 0.1) is 10.6 Å². The van der Waals surface area contributed by atoms with E-state index < -0.39 is 0 Å². The third-order valence-electron chi connectivity index (χ3n) is 3.29. The van der Waals surface area contributed by atoms with Crippen LogP contribution >= 0.6 is 15.9 Å². The van der Waals surface area contributed by atoms with Gasteiger partial charge in [-0.05, 0) is 59.3 Å². The van der Waals surface area contributed by atoms with Crippen LogP contribution < -0.4 is 5.32 Å². The van der Waals surface area contributed by atoms with Gasteiger partial charge in [0.25, 0.3) is 0 Å². The average Bonchev–Trinajstić information content (AvgIpc) is 2.70. The van der Waals surface area contributed by atoms with E-state index in [1.807, 2.05) is 6.07 Å². The third kappa shape index (κ3) is 3.50. The summed E-state index contributed by atoms with van der Waals surface area (Å²) < 4.78 is 13.8. The number of rotatable bonds is 4. The molecule has 2 N–H and O–H groups in total. The normalized spacial score (nSPS) is 24.2. The maximum atomic E-state index is 13.3. The minimum Gasteiger partial charge on any atom is -0.393 e. The molecule has 1 aromatic carbocycles. The van der Waals surface area contributed by atoms with E-state index in [4.69, 9.17) is 0 Å². The van der Waals surface area contributed by atoms with Gasteiger partial charge in [0.2, 0.25) is 0 Å². The van der Waals surface area contributed by atoms with E-state index in [-0.39, 0.29) is 11.9 Å². The molecule has 1 aromatic rings. The molecule has 0 aromatic heterocycles. The lowest BCUT2D eigenvalue weighted by molar-refractivity contribution is 0.177. The van der Waals surface area contributed by atoms with Crippen molar-refractivity contribution in [2.45, 2.75) is 31.9 Å². The second-order valence-corrected chi connectivity index (χ2v) is 5.47. The Morgan fingerprint density at radius 1 is 1.41 bits per heavy atom. The number of hydrogen-bond acceptors (Lipinski definition) is 2. The molecule has 1 aliphatic rings. The highest BCUT2D eigenvalue weighted by atomic mass is 79.9. The van der Waals surface area contributed by atoms with Crippen molar-refractivity contribution in [2.24, 2.45) is 5.92 Å². The zero-order valence-electron chi connectivity index (χ0n) is 9.63. The number of halogens is 2. The van der Waals surface area contributed by atoms with Crippen LogP contribution in [0.2, 0.25) is 0 Å². The Kier molecular flexibility index (Phi) is 4.54. The molecule has 2 rings (SSSR count). The van der Waals surface area contributed by atoms with Crippen molar-refractivity contribution in [2.75, 3.05) is 6.54 Å². The van der Waals surface area contributed by atoms with Crippen molar-refractivity contribution in [1.82, 2.24) is 5.32 Å². The molecule has 0 spiro atoms. The van der Waals surface area contributed by atoms with Gasteiger partial charge in [-0.15, -0.1) is 0 Å². The predicted octanol–water partition coefficient (Wildman–Crippen LogP) is 2.84. The monoisotopic (exact) mass is 301 g/mol. The Morgan fingerprint density at radius 3 is 2.94 bits per heavy atom. The van der Waals surface area contributed by atoms with E-state index in [1.165, 1.54) is 6.07 Å². The lowest BCUT2D eigenvalue weighted by Crippen LogP contribution is -2.21. The van der Waals surface area contributed by atoms with Crippen molar-refractivity contribution in [3.8, 4) is 0 Å². The number of aliphatic hydroxyl groups is 1. The van der Waals surface area contributed by atoms with Gasteiger partial charge < -0.3 is 10.4 Å². The number of aliphatic hydroxyl groups excluding tert-OH is 1. The van der Waals surface area contributed by atoms with E-state index in [0.717, 1.165) is 31.4 Å². The largest absolute Gasteiger partial charge is 0.393 e. The smallest absolute Gasteiger partial charge is 0.137 e. The maximum absolute atomic E-state index is 13.3. The SMILES string of the molecule is OC1CCC(CNCc2cccc(F)c2Br)C1. The first-order chi connectivity index (χ1) is 8.16. The lowest BCUT2D eigenvalue weighted by Gasteiger charge is -2.11. The number of nitrogens with one attached hydrogen (secondary N) is 1. The highest BCUT2D eigenvalue weighted by Gasteiger charge is 2.22. The van der Waals surface area contributed by atoms with Crippen LogP contribution in [0.4, 0.5) is 4.39 Å². The molecule has 0 heterocycles. The summed E-state index contributed by atoms with van der Waals surface area (Å²) in [6, 6.07) is 5.07. The Hall–Kier alpha value is -0.450. The standard InChI is InChI=1S/C13H17BrFNO/c14-13-10(2-1-3-12(13)15)8-16-7-9-4-5-11(17)6-9/h1-3,9,11,16-17H,4-8H2. The van der Waals surface area contributed by atoms with Crippen LogP contribution in [0.15, 0.2) is 22.7 Å². The highest BCUT2D eigenvalue weighted by Crippen LogP contribution is 2.25. The van der Waals surface area contributed by atoms with Crippen LogP contribution in [-0.2, 0) is 6.54 Å². The predicted molar refractivity (Wildman–Crippen MR) is 69.2 cm³/mol. The van der Waals surface area contributed by atoms with Gasteiger partial charge >= 0.3 is 0 Å². The molecule has 0 saturated heterocycles. The fraction of sp³-hybridized carbons (Fsp3) is 0.538. The lowest BCUT2D eigenvalue weighted by atomic mass is 10.1. The van der Waals surface area contributed by atoms with Gasteiger partial charge in [-0.25, -0.2) is 4.39 Å². The summed E-state index contributed by atoms with van der Waals surface area (Å²) in [4.78, 5) is 0. The highest BCUT2D eigenvalue weighted by molar-refractivity contribution is 9.10. The quantitative estimate of drug-likeness (QED) is 0.896. The fourth-order valence-electron chi connectivity index (χ4n) is 2.33. The molecule has 17 heavy (non-hydrogen) atoms. The summed E-state index contributed by atoms with van der Waals surface area (Å²) in [6.45, 7) is 1.55. The third-order valence-corrected chi connectivity index (χ3v) is 4.18. The Labute approximate surface area is 109 Å². The Balaban J connectivity index is 1.80. The molecule has 0 aliphatic heterocycles. The second-order valence-electron chi connectivity index (χ2n) is 4.68. The Morgan fingerprint density at radius 2 is 2.24 bits per heavy atom. The molecule has 1 aliphatic carbocycles. The minimum atomic E-state index is -0.222. The first kappa shape index (κ1) is 13.0. The summed E-state index contributed by atoms with van der Waals surface area (Å²) in [5.74, 6) is 0.331. The van der Waals surface area contributed by atoms with Crippen molar-refractivity contribution in [1.29, 1.82) is 0 Å². The molecule has 0 amide bonds. The molecule has 1 fully saturated rings. The summed E-state index contributed by atoms with van der Waals surface area (Å²) in [5.41, 5.74) is 0.934. The Bertz CT molecular complexity index is 386. The molecule has 0 bridgehead atoms. The number of benzene rings is 1. The van der Waals surface area contributed by atoms with Gasteiger partial charge in [0, 0.05) is 6.54 Å². The van der Waals surface area contributed by atoms with Crippen molar-refractivity contribution in [3.05, 3.63) is 34.1 Å². The van der Waals surface area contributed by atoms with E-state index in [9.17, 15) is 9.50 Å². The molecule has 4 heteroatoms. The molecule has 94 valence electrons. The molecule has 2 unspecified atom stereocenters. The van der Waals surface area contributed by atoms with E-state index >= 15 is 0 Å². The van der Waals surface area contributed by atoms with Crippen LogP contribution in [-0.4, -0.2) is 17.8 Å². The van der Waals surface area contributed by atoms with Gasteiger partial charge in [0.1, 0.15) is 5.82 Å². The van der Waals surface area contributed by atoms with Gasteiger partial charge in [0.15, 0.2) is 0 Å². The molecule has 1 saturated carbocycles. The summed E-state index contributed by atoms with van der Waals surface area (Å²) in [6.07, 6.45) is 2.76. The fourth-order valence-corrected chi connectivity index (χ4v) is 2.73. The minimum absolute atomic E-state index is 0.122. The van der Waals surface area contributed by atoms with Gasteiger partial charge in [-0.2, -0.15) is 0 Å². The van der Waals surface area contributed by atoms with Gasteiger partial charge in [-0.1, -0.05) is 12.1 Å². The van der Waals surface area contributed by atoms with Crippen LogP contribution in [0.3, 0.4) is 0 Å². The average molecular weight is 302 g/mol. The van der Waals surface area contributed by atoms with E-state index in [2.05, 4.69) is 21.2 Å². The molecular formula is C13H17BrFNO. The van der Waals surface area contributed by atoms with Crippen molar-refractivity contribution >= 4 is 15.9 Å². The maximum Gasteiger partial charge on any atom is 0.137 e. The molecular weight excluding hydrogens is 285 g/mol. The molecule has 2 nitrogen and oxygen atoms in total. The van der Waals surface area contributed by atoms with E-state index in [0.29, 0.717) is 16.9 Å². The van der Waals surface area contributed by atoms with Crippen molar-refractivity contribution < 1.29 is 9.50 Å². The van der Waals surface area contributed by atoms with Crippen LogP contribution in [0, 0.1) is 11.7 Å². The summed E-state index contributed by atoms with van der Waals surface area (Å²) in [7, 11) is 0. The van der Waals surface area contributed by atoms with Crippen LogP contribution in [0.5, 0.6) is 0 Å². The van der Waals surface area contributed by atoms with Crippen LogP contribution in [0.25, 0.3) is 0 Å². The topological polar surface area (TPSA) is 32.3 Å². The van der Waals surface area contributed by atoms with Crippen LogP contribution in [0.1, 0.15) is 24.8 Å². The zero-order valence-corrected chi connectivity index (χ0v) is 11.2. The first-order valence-electron chi connectivity index (χ1n) is 5.98. The second kappa shape index (κ2) is 5.94. The van der Waals surface area contributed by atoms with Gasteiger partial charge in [-0.3, -0.25) is 0 Å². The number of hydrogen-bond donors (Lipinski definition) is 2. The first-order valence-corrected chi connectivity index (χ1v) is 6.78. The summed E-state index contributed by atoms with van der Waals surface area (Å²) >= 11 is 3.25. The summed E-state index contributed by atoms with van der Waals surface area (Å²) in [5, 5.41) is 12.7. The van der Waals surface area contributed by atoms with Crippen molar-refractivity contribution in [3.63, 3.8) is 0 Å². The zero-order chi connectivity index (χ0) is 12.3.